The van der Waals surface area contributed by atoms with Crippen LogP contribution < -0.4 is 4.90 Å². The Labute approximate surface area is 159 Å². The molecular formula is C19H25ClN2O4. The van der Waals surface area contributed by atoms with Gasteiger partial charge in [-0.3, -0.25) is 4.79 Å². The maximum Gasteiger partial charge on any atom is 0.410 e. The van der Waals surface area contributed by atoms with Crippen molar-refractivity contribution in [3.63, 3.8) is 0 Å². The molecule has 1 atom stereocenters. The molecule has 1 saturated heterocycles. The minimum Gasteiger partial charge on any atom is -0.444 e. The Bertz CT molecular complexity index is 681. The van der Waals surface area contributed by atoms with Gasteiger partial charge in [-0.2, -0.15) is 0 Å². The summed E-state index contributed by atoms with van der Waals surface area (Å²) in [5, 5.41) is 0.650. The summed E-state index contributed by atoms with van der Waals surface area (Å²) in [5.74, 6) is 0. The molecule has 6 nitrogen and oxygen atoms in total. The topological polar surface area (TPSA) is 59.1 Å². The van der Waals surface area contributed by atoms with Gasteiger partial charge < -0.3 is 19.3 Å². The summed E-state index contributed by atoms with van der Waals surface area (Å²) in [6, 6.07) is 5.76. The smallest absolute Gasteiger partial charge is 0.410 e. The summed E-state index contributed by atoms with van der Waals surface area (Å²) in [6.45, 7) is 7.13. The number of benzene rings is 1. The number of aldehydes is 1. The van der Waals surface area contributed by atoms with Crippen molar-refractivity contribution in [2.24, 2.45) is 0 Å². The van der Waals surface area contributed by atoms with E-state index in [4.69, 9.17) is 21.1 Å². The van der Waals surface area contributed by atoms with Gasteiger partial charge in [0, 0.05) is 35.4 Å². The lowest BCUT2D eigenvalue weighted by atomic mass is 10.00. The van der Waals surface area contributed by atoms with E-state index in [9.17, 15) is 9.59 Å². The van der Waals surface area contributed by atoms with Crippen molar-refractivity contribution in [2.75, 3.05) is 18.0 Å². The van der Waals surface area contributed by atoms with Gasteiger partial charge in [-0.25, -0.2) is 4.79 Å². The molecule has 0 spiro atoms. The van der Waals surface area contributed by atoms with Crippen molar-refractivity contribution in [3.05, 3.63) is 28.8 Å². The Hall–Kier alpha value is -1.79. The number of nitrogens with zero attached hydrogens (tertiary/aromatic N) is 2. The third-order valence-corrected chi connectivity index (χ3v) is 4.86. The number of carbonyl (C=O) groups excluding carboxylic acids is 2. The van der Waals surface area contributed by atoms with Gasteiger partial charge >= 0.3 is 6.09 Å². The number of rotatable bonds is 2. The Balaban J connectivity index is 1.72. The third kappa shape index (κ3) is 4.13. The fourth-order valence-corrected chi connectivity index (χ4v) is 3.67. The number of fused-ring (bicyclic) bond motifs is 1. The molecule has 1 amide bonds. The van der Waals surface area contributed by atoms with Crippen LogP contribution in [-0.2, 0) is 20.9 Å². The van der Waals surface area contributed by atoms with E-state index in [1.54, 1.807) is 4.90 Å². The number of piperidine rings is 1. The molecule has 0 aromatic heterocycles. The second-order valence-corrected chi connectivity index (χ2v) is 8.15. The lowest BCUT2D eigenvalue weighted by molar-refractivity contribution is -0.120. The van der Waals surface area contributed by atoms with Gasteiger partial charge in [-0.1, -0.05) is 11.6 Å². The molecule has 0 N–H and O–H groups in total. The van der Waals surface area contributed by atoms with Gasteiger partial charge in [0.15, 0.2) is 12.5 Å². The van der Waals surface area contributed by atoms with Crippen LogP contribution in [0.25, 0.3) is 0 Å². The Kier molecular flexibility index (Phi) is 5.44. The molecule has 142 valence electrons. The number of amides is 1. The van der Waals surface area contributed by atoms with Crippen LogP contribution in [-0.4, -0.2) is 48.2 Å². The van der Waals surface area contributed by atoms with Crippen LogP contribution in [0, 0.1) is 0 Å². The molecule has 1 fully saturated rings. The van der Waals surface area contributed by atoms with Crippen LogP contribution in [0.4, 0.5) is 10.5 Å². The van der Waals surface area contributed by atoms with E-state index in [0.717, 1.165) is 30.4 Å². The minimum absolute atomic E-state index is 0.115. The van der Waals surface area contributed by atoms with Crippen molar-refractivity contribution >= 4 is 29.7 Å². The lowest BCUT2D eigenvalue weighted by Gasteiger charge is -2.44. The molecular weight excluding hydrogens is 356 g/mol. The molecule has 2 heterocycles. The van der Waals surface area contributed by atoms with Crippen molar-refractivity contribution in [3.8, 4) is 0 Å². The normalized spacial score (nSPS) is 21.3. The van der Waals surface area contributed by atoms with Crippen molar-refractivity contribution in [1.82, 2.24) is 4.90 Å². The summed E-state index contributed by atoms with van der Waals surface area (Å²) >= 11 is 6.09. The largest absolute Gasteiger partial charge is 0.444 e. The van der Waals surface area contributed by atoms with E-state index in [2.05, 4.69) is 0 Å². The molecule has 3 rings (SSSR count). The van der Waals surface area contributed by atoms with E-state index in [-0.39, 0.29) is 12.1 Å². The Morgan fingerprint density at radius 2 is 2.00 bits per heavy atom. The van der Waals surface area contributed by atoms with Crippen LogP contribution >= 0.6 is 11.6 Å². The van der Waals surface area contributed by atoms with Crippen molar-refractivity contribution in [2.45, 2.75) is 58.1 Å². The zero-order valence-electron chi connectivity index (χ0n) is 15.4. The van der Waals surface area contributed by atoms with Gasteiger partial charge in [0.05, 0.1) is 6.61 Å². The van der Waals surface area contributed by atoms with Gasteiger partial charge in [-0.15, -0.1) is 0 Å². The van der Waals surface area contributed by atoms with E-state index in [0.29, 0.717) is 24.7 Å². The van der Waals surface area contributed by atoms with Crippen LogP contribution in [0.1, 0.15) is 39.2 Å². The first kappa shape index (κ1) is 19.0. The molecule has 0 bridgehead atoms. The number of hydrogen-bond acceptors (Lipinski definition) is 5. The van der Waals surface area contributed by atoms with E-state index in [1.165, 1.54) is 0 Å². The number of hydrogen-bond donors (Lipinski definition) is 0. The highest BCUT2D eigenvalue weighted by Gasteiger charge is 2.36. The first-order valence-corrected chi connectivity index (χ1v) is 9.28. The van der Waals surface area contributed by atoms with Crippen molar-refractivity contribution in [1.29, 1.82) is 0 Å². The van der Waals surface area contributed by atoms with Crippen LogP contribution in [0.5, 0.6) is 0 Å². The highest BCUT2D eigenvalue weighted by atomic mass is 35.5. The second-order valence-electron chi connectivity index (χ2n) is 7.72. The minimum atomic E-state index is -0.609. The average Bonchev–Trinajstić information content (AvgIpc) is 2.59. The van der Waals surface area contributed by atoms with E-state index in [1.807, 2.05) is 43.9 Å². The average molecular weight is 381 g/mol. The zero-order valence-corrected chi connectivity index (χ0v) is 16.2. The summed E-state index contributed by atoms with van der Waals surface area (Å²) in [6.07, 6.45) is 1.42. The summed E-state index contributed by atoms with van der Waals surface area (Å²) in [5.41, 5.74) is 1.45. The number of carbonyl (C=O) groups is 2. The molecule has 0 radical (unpaired) electrons. The molecule has 26 heavy (non-hydrogen) atoms. The van der Waals surface area contributed by atoms with Crippen LogP contribution in [0.2, 0.25) is 5.02 Å². The zero-order chi connectivity index (χ0) is 18.9. The first-order valence-electron chi connectivity index (χ1n) is 8.90. The van der Waals surface area contributed by atoms with E-state index >= 15 is 0 Å². The molecule has 1 aromatic carbocycles. The van der Waals surface area contributed by atoms with E-state index < -0.39 is 11.8 Å². The monoisotopic (exact) mass is 380 g/mol. The lowest BCUT2D eigenvalue weighted by Crippen LogP contribution is -2.53. The fourth-order valence-electron chi connectivity index (χ4n) is 3.48. The SMILES string of the molecule is CC(C)(C)OC(=O)N1CCC(N2c3ccc(Cl)cc3COC2C=O)CC1. The highest BCUT2D eigenvalue weighted by Crippen LogP contribution is 2.35. The molecule has 2 aliphatic heterocycles. The number of likely N-dealkylation sites (tertiary alicyclic amines) is 1. The Morgan fingerprint density at radius 3 is 2.62 bits per heavy atom. The predicted molar refractivity (Wildman–Crippen MR) is 99.4 cm³/mol. The fraction of sp³-hybridized carbons (Fsp3) is 0.579. The maximum absolute atomic E-state index is 12.2. The molecule has 0 aliphatic carbocycles. The molecule has 2 aliphatic rings. The Morgan fingerprint density at radius 1 is 1.31 bits per heavy atom. The summed E-state index contributed by atoms with van der Waals surface area (Å²) in [4.78, 5) is 27.5. The standard InChI is InChI=1S/C19H25ClN2O4/c1-19(2,3)26-18(24)21-8-6-15(7-9-21)22-16-5-4-14(20)10-13(16)12-25-17(22)11-23/h4-5,10-11,15,17H,6-9,12H2,1-3H3. The molecule has 1 aromatic rings. The third-order valence-electron chi connectivity index (χ3n) is 4.63. The van der Waals surface area contributed by atoms with Gasteiger partial charge in [0.25, 0.3) is 0 Å². The summed E-state index contributed by atoms with van der Waals surface area (Å²) in [7, 11) is 0. The number of anilines is 1. The molecule has 1 unspecified atom stereocenters. The maximum atomic E-state index is 12.2. The predicted octanol–water partition coefficient (Wildman–Crippen LogP) is 3.60. The second kappa shape index (κ2) is 7.45. The summed E-state index contributed by atoms with van der Waals surface area (Å²) < 4.78 is 11.2. The molecule has 7 heteroatoms. The van der Waals surface area contributed by atoms with Crippen molar-refractivity contribution < 1.29 is 19.1 Å². The molecule has 0 saturated carbocycles. The van der Waals surface area contributed by atoms with Gasteiger partial charge in [0.2, 0.25) is 0 Å². The number of halogens is 1. The van der Waals surface area contributed by atoms with Gasteiger partial charge in [0.1, 0.15) is 5.60 Å². The van der Waals surface area contributed by atoms with Gasteiger partial charge in [-0.05, 0) is 51.8 Å². The number of ether oxygens (including phenoxy) is 2. The van der Waals surface area contributed by atoms with Crippen LogP contribution in [0.3, 0.4) is 0 Å². The van der Waals surface area contributed by atoms with Crippen LogP contribution in [0.15, 0.2) is 18.2 Å². The highest BCUT2D eigenvalue weighted by molar-refractivity contribution is 6.30. The first-order chi connectivity index (χ1) is 12.3. The quantitative estimate of drug-likeness (QED) is 0.733.